The lowest BCUT2D eigenvalue weighted by atomic mass is 10.1. The van der Waals surface area contributed by atoms with Gasteiger partial charge in [0.2, 0.25) is 0 Å². The number of anilines is 2. The first-order chi connectivity index (χ1) is 11.9. The van der Waals surface area contributed by atoms with Crippen LogP contribution in [0, 0.1) is 13.8 Å². The monoisotopic (exact) mass is 333 g/mol. The maximum Gasteiger partial charge on any atom is 0.262 e. The van der Waals surface area contributed by atoms with Crippen LogP contribution in [0.3, 0.4) is 0 Å². The predicted molar refractivity (Wildman–Crippen MR) is 98.6 cm³/mol. The highest BCUT2D eigenvalue weighted by atomic mass is 16.3. The quantitative estimate of drug-likeness (QED) is 0.731. The molecule has 0 aromatic heterocycles. The maximum absolute atomic E-state index is 13.2. The minimum absolute atomic E-state index is 0.133. The van der Waals surface area contributed by atoms with Crippen molar-refractivity contribution in [3.8, 4) is 11.5 Å². The summed E-state index contributed by atoms with van der Waals surface area (Å²) in [5, 5.41) is 19.1. The molecule has 0 aliphatic heterocycles. The summed E-state index contributed by atoms with van der Waals surface area (Å²) in [6, 6.07) is 18.6. The number of amides is 1. The molecule has 0 saturated carbocycles. The summed E-state index contributed by atoms with van der Waals surface area (Å²) in [5.41, 5.74) is 3.87. The van der Waals surface area contributed by atoms with Crippen LogP contribution in [0.1, 0.15) is 21.5 Å². The molecule has 0 saturated heterocycles. The van der Waals surface area contributed by atoms with Crippen LogP contribution >= 0.6 is 0 Å². The molecule has 0 spiro atoms. The van der Waals surface area contributed by atoms with Gasteiger partial charge in [-0.05, 0) is 74.5 Å². The highest BCUT2D eigenvalue weighted by Crippen LogP contribution is 2.30. The molecule has 0 bridgehead atoms. The first-order valence-electron chi connectivity index (χ1n) is 7.95. The van der Waals surface area contributed by atoms with Gasteiger partial charge < -0.3 is 10.2 Å². The number of hydrogen-bond donors (Lipinski definition) is 2. The molecule has 2 N–H and O–H groups in total. The topological polar surface area (TPSA) is 60.8 Å². The van der Waals surface area contributed by atoms with Gasteiger partial charge in [0.15, 0.2) is 0 Å². The fraction of sp³-hybridized carbons (Fsp3) is 0.0952. The standard InChI is InChI=1S/C21H19NO3/c1-14-11-15(2)13-16(12-14)21(25)22(17-3-7-19(23)8-4-17)18-5-9-20(24)10-6-18/h3-13,23-24H,1-2H3. The van der Waals surface area contributed by atoms with Gasteiger partial charge in [0.25, 0.3) is 5.91 Å². The number of phenolic OH excluding ortho intramolecular Hbond substituents is 2. The van der Waals surface area contributed by atoms with Gasteiger partial charge in [0.1, 0.15) is 11.5 Å². The van der Waals surface area contributed by atoms with Crippen LogP contribution in [0.25, 0.3) is 0 Å². The number of benzene rings is 3. The average molecular weight is 333 g/mol. The van der Waals surface area contributed by atoms with Crippen LogP contribution in [0.5, 0.6) is 11.5 Å². The molecule has 0 radical (unpaired) electrons. The van der Waals surface area contributed by atoms with E-state index in [1.807, 2.05) is 32.0 Å². The van der Waals surface area contributed by atoms with E-state index in [9.17, 15) is 15.0 Å². The molecule has 25 heavy (non-hydrogen) atoms. The minimum Gasteiger partial charge on any atom is -0.508 e. The molecule has 0 aliphatic carbocycles. The third-order valence-corrected chi connectivity index (χ3v) is 3.89. The summed E-state index contributed by atoms with van der Waals surface area (Å²) in [6.45, 7) is 3.91. The van der Waals surface area contributed by atoms with Gasteiger partial charge in [0.05, 0.1) is 0 Å². The molecule has 0 fully saturated rings. The van der Waals surface area contributed by atoms with Crippen LogP contribution in [-0.2, 0) is 0 Å². The fourth-order valence-corrected chi connectivity index (χ4v) is 2.81. The van der Waals surface area contributed by atoms with Crippen LogP contribution in [0.15, 0.2) is 66.7 Å². The second-order valence-corrected chi connectivity index (χ2v) is 6.05. The summed E-state index contributed by atoms with van der Waals surface area (Å²) in [5.74, 6) is 0.0877. The molecule has 3 rings (SSSR count). The van der Waals surface area contributed by atoms with Crippen molar-refractivity contribution in [2.75, 3.05) is 4.90 Å². The molecule has 1 amide bonds. The Balaban J connectivity index is 2.11. The highest BCUT2D eigenvalue weighted by Gasteiger charge is 2.20. The normalized spacial score (nSPS) is 10.5. The van der Waals surface area contributed by atoms with Gasteiger partial charge >= 0.3 is 0 Å². The van der Waals surface area contributed by atoms with Crippen molar-refractivity contribution in [1.29, 1.82) is 0 Å². The summed E-state index contributed by atoms with van der Waals surface area (Å²) >= 11 is 0. The molecule has 0 aliphatic rings. The van der Waals surface area contributed by atoms with Crippen molar-refractivity contribution in [3.63, 3.8) is 0 Å². The zero-order chi connectivity index (χ0) is 18.0. The molecule has 0 unspecified atom stereocenters. The number of nitrogens with zero attached hydrogens (tertiary/aromatic N) is 1. The van der Waals surface area contributed by atoms with Gasteiger partial charge in [0, 0.05) is 16.9 Å². The average Bonchev–Trinajstić information content (AvgIpc) is 2.57. The Kier molecular flexibility index (Phi) is 4.44. The molecule has 3 aromatic carbocycles. The number of carbonyl (C=O) groups excluding carboxylic acids is 1. The number of rotatable bonds is 3. The summed E-state index contributed by atoms with van der Waals surface area (Å²) in [6.07, 6.45) is 0. The van der Waals surface area contributed by atoms with E-state index in [4.69, 9.17) is 0 Å². The van der Waals surface area contributed by atoms with Crippen LogP contribution in [0.4, 0.5) is 11.4 Å². The molecular formula is C21H19NO3. The summed E-state index contributed by atoms with van der Waals surface area (Å²) < 4.78 is 0. The molecule has 4 nitrogen and oxygen atoms in total. The molecular weight excluding hydrogens is 314 g/mol. The second kappa shape index (κ2) is 6.69. The van der Waals surface area contributed by atoms with E-state index >= 15 is 0 Å². The SMILES string of the molecule is Cc1cc(C)cc(C(=O)N(c2ccc(O)cc2)c2ccc(O)cc2)c1. The van der Waals surface area contributed by atoms with Crippen molar-refractivity contribution < 1.29 is 15.0 Å². The largest absolute Gasteiger partial charge is 0.508 e. The van der Waals surface area contributed by atoms with Crippen LogP contribution in [-0.4, -0.2) is 16.1 Å². The van der Waals surface area contributed by atoms with Gasteiger partial charge in [-0.25, -0.2) is 0 Å². The van der Waals surface area contributed by atoms with E-state index in [1.54, 1.807) is 29.2 Å². The molecule has 4 heteroatoms. The van der Waals surface area contributed by atoms with Crippen LogP contribution in [0.2, 0.25) is 0 Å². The number of aryl methyl sites for hydroxylation is 2. The zero-order valence-corrected chi connectivity index (χ0v) is 14.1. The predicted octanol–water partition coefficient (Wildman–Crippen LogP) is 4.69. The van der Waals surface area contributed by atoms with Crippen molar-refractivity contribution >= 4 is 17.3 Å². The lowest BCUT2D eigenvalue weighted by Gasteiger charge is -2.23. The maximum atomic E-state index is 13.2. The van der Waals surface area contributed by atoms with E-state index in [1.165, 1.54) is 24.3 Å². The van der Waals surface area contributed by atoms with E-state index < -0.39 is 0 Å². The fourth-order valence-electron chi connectivity index (χ4n) is 2.81. The zero-order valence-electron chi connectivity index (χ0n) is 14.1. The third kappa shape index (κ3) is 3.63. The van der Waals surface area contributed by atoms with Crippen molar-refractivity contribution in [3.05, 3.63) is 83.4 Å². The smallest absolute Gasteiger partial charge is 0.262 e. The van der Waals surface area contributed by atoms with Gasteiger partial charge in [-0.1, -0.05) is 17.2 Å². The molecule has 126 valence electrons. The van der Waals surface area contributed by atoms with Crippen molar-refractivity contribution in [2.45, 2.75) is 13.8 Å². The summed E-state index contributed by atoms with van der Waals surface area (Å²) in [7, 11) is 0. The van der Waals surface area contributed by atoms with Crippen molar-refractivity contribution in [2.24, 2.45) is 0 Å². The van der Waals surface area contributed by atoms with Crippen LogP contribution < -0.4 is 4.90 Å². The van der Waals surface area contributed by atoms with Gasteiger partial charge in [-0.15, -0.1) is 0 Å². The Bertz CT molecular complexity index is 834. The number of carbonyl (C=O) groups is 1. The Morgan fingerprint density at radius 1 is 0.720 bits per heavy atom. The van der Waals surface area contributed by atoms with E-state index in [0.29, 0.717) is 16.9 Å². The Morgan fingerprint density at radius 2 is 1.12 bits per heavy atom. The Morgan fingerprint density at radius 3 is 1.52 bits per heavy atom. The first-order valence-corrected chi connectivity index (χ1v) is 7.95. The lowest BCUT2D eigenvalue weighted by molar-refractivity contribution is 0.0999. The number of phenols is 2. The Hall–Kier alpha value is -3.27. The van der Waals surface area contributed by atoms with Crippen molar-refractivity contribution in [1.82, 2.24) is 0 Å². The molecule has 3 aromatic rings. The van der Waals surface area contributed by atoms with Gasteiger partial charge in [-0.3, -0.25) is 9.69 Å². The van der Waals surface area contributed by atoms with Gasteiger partial charge in [-0.2, -0.15) is 0 Å². The first kappa shape index (κ1) is 16.6. The second-order valence-electron chi connectivity index (χ2n) is 6.05. The Labute approximate surface area is 146 Å². The minimum atomic E-state index is -0.178. The highest BCUT2D eigenvalue weighted by molar-refractivity contribution is 6.11. The number of aromatic hydroxyl groups is 2. The third-order valence-electron chi connectivity index (χ3n) is 3.89. The number of hydrogen-bond acceptors (Lipinski definition) is 3. The molecule has 0 atom stereocenters. The lowest BCUT2D eigenvalue weighted by Crippen LogP contribution is -2.26. The van der Waals surface area contributed by atoms with E-state index in [-0.39, 0.29) is 17.4 Å². The summed E-state index contributed by atoms with van der Waals surface area (Å²) in [4.78, 5) is 14.8. The van der Waals surface area contributed by atoms with E-state index in [0.717, 1.165) is 11.1 Å². The molecule has 0 heterocycles. The van der Waals surface area contributed by atoms with E-state index in [2.05, 4.69) is 0 Å².